The fourth-order valence-corrected chi connectivity index (χ4v) is 1.51. The van der Waals surface area contributed by atoms with Crippen LogP contribution in [0, 0.1) is 19.9 Å². The van der Waals surface area contributed by atoms with E-state index in [1.807, 2.05) is 44.2 Å². The molecule has 0 unspecified atom stereocenters. The molecule has 1 N–H and O–H groups in total. The Hall–Kier alpha value is -0.319. The Morgan fingerprint density at radius 2 is 1.64 bits per heavy atom. The smallest absolute Gasteiger partial charge is 1.00 e. The topological polar surface area (TPSA) is 40.9 Å². The zero-order valence-corrected chi connectivity index (χ0v) is 17.6. The molecule has 1 aromatic carbocycles. The minimum Gasteiger partial charge on any atom is -1.00 e. The number of rotatable bonds is 1. The van der Waals surface area contributed by atoms with Gasteiger partial charge in [-0.2, -0.15) is 6.08 Å². The summed E-state index contributed by atoms with van der Waals surface area (Å²) in [5.74, 6) is -0.597. The van der Waals surface area contributed by atoms with Crippen molar-refractivity contribution in [3.05, 3.63) is 64.9 Å². The van der Waals surface area contributed by atoms with Crippen LogP contribution >= 0.6 is 0 Å². The van der Waals surface area contributed by atoms with Crippen LogP contribution in [-0.4, -0.2) is 15.4 Å². The summed E-state index contributed by atoms with van der Waals surface area (Å²) < 4.78 is 0. The first kappa shape index (κ1) is 29.7. The number of carbonyl (C=O) groups excluding carboxylic acids is 1. The summed E-state index contributed by atoms with van der Waals surface area (Å²) in [5.41, 5.74) is 9.26. The molecule has 0 aromatic heterocycles. The first-order valence-electron chi connectivity index (χ1n) is 6.32. The van der Waals surface area contributed by atoms with Gasteiger partial charge in [-0.3, -0.25) is 6.08 Å². The minimum absolute atomic E-state index is 0. The van der Waals surface area contributed by atoms with E-state index in [-0.39, 0.29) is 46.5 Å². The average Bonchev–Trinajstić information content (AvgIpc) is 2.87. The van der Waals surface area contributed by atoms with Crippen molar-refractivity contribution in [2.45, 2.75) is 33.4 Å². The van der Waals surface area contributed by atoms with Crippen molar-refractivity contribution >= 4 is 15.4 Å². The van der Waals surface area contributed by atoms with Crippen LogP contribution in [0.15, 0.2) is 36.4 Å². The van der Waals surface area contributed by atoms with E-state index < -0.39 is 5.91 Å². The summed E-state index contributed by atoms with van der Waals surface area (Å²) in [6, 6.07) is 5.57. The van der Waals surface area contributed by atoms with E-state index in [0.29, 0.717) is 5.56 Å². The van der Waals surface area contributed by atoms with Crippen LogP contribution in [0.2, 0.25) is 13.1 Å². The maximum absolute atomic E-state index is 10.8. The predicted molar refractivity (Wildman–Crippen MR) is 85.0 cm³/mol. The molecule has 0 spiro atoms. The molecule has 1 aliphatic carbocycles. The predicted octanol–water partition coefficient (Wildman–Crippen LogP) is -1.67. The van der Waals surface area contributed by atoms with Crippen LogP contribution in [0.3, 0.4) is 0 Å². The summed E-state index contributed by atoms with van der Waals surface area (Å²) in [5, 5.41) is 0. The number of hydrogen-bond acceptors (Lipinski definition) is 1. The molecule has 0 fully saturated rings. The van der Waals surface area contributed by atoms with E-state index in [4.69, 9.17) is 5.73 Å². The summed E-state index contributed by atoms with van der Waals surface area (Å²) in [4.78, 5) is 10.8. The number of hydrogen-bond donors (Lipinski definition) is 0. The molecule has 0 saturated carbocycles. The number of aryl methyl sites for hydroxylation is 2. The van der Waals surface area contributed by atoms with E-state index in [0.717, 1.165) is 27.1 Å². The van der Waals surface area contributed by atoms with Crippen LogP contribution in [0.25, 0.3) is 5.73 Å². The molecule has 0 atom stereocenters. The van der Waals surface area contributed by atoms with Crippen molar-refractivity contribution in [3.63, 3.8) is 0 Å². The Morgan fingerprint density at radius 1 is 1.18 bits per heavy atom. The third-order valence-electron chi connectivity index (χ3n) is 2.29. The van der Waals surface area contributed by atoms with Gasteiger partial charge in [0, 0.05) is 15.1 Å². The van der Waals surface area contributed by atoms with Gasteiger partial charge in [0.25, 0.3) is 0 Å². The maximum atomic E-state index is 10.8. The van der Waals surface area contributed by atoms with Gasteiger partial charge in [0.15, 0.2) is 0 Å². The van der Waals surface area contributed by atoms with Crippen molar-refractivity contribution in [3.8, 4) is 0 Å². The molecule has 22 heavy (non-hydrogen) atoms. The summed E-state index contributed by atoms with van der Waals surface area (Å²) in [6.07, 6.45) is 10.0. The SMILES string of the molecule is C[SiH]C.Cc1cccc(C)c1C([NH-])=O.[C-]1=CC=CC1.[Cl-].[Cl-].[Ti+4]. The molecule has 0 saturated heterocycles. The zero-order valence-electron chi connectivity index (χ0n) is 13.4. The summed E-state index contributed by atoms with van der Waals surface area (Å²) in [7, 11) is 0.750. The minimum atomic E-state index is -0.597. The van der Waals surface area contributed by atoms with Crippen LogP contribution in [0.5, 0.6) is 0 Å². The maximum Gasteiger partial charge on any atom is 4.00 e. The Kier molecular flexibility index (Phi) is 25.3. The Labute approximate surface area is 164 Å². The number of benzene rings is 1. The average molecular weight is 391 g/mol. The molecule has 1 aromatic rings. The molecule has 2 nitrogen and oxygen atoms in total. The number of amides is 1. The van der Waals surface area contributed by atoms with Crippen molar-refractivity contribution in [1.82, 2.24) is 0 Å². The van der Waals surface area contributed by atoms with Crippen molar-refractivity contribution < 1.29 is 51.3 Å². The van der Waals surface area contributed by atoms with E-state index in [9.17, 15) is 4.79 Å². The fraction of sp³-hybridized carbons (Fsp3) is 0.312. The Balaban J connectivity index is -0.000000126. The quantitative estimate of drug-likeness (QED) is 0.417. The van der Waals surface area contributed by atoms with E-state index >= 15 is 0 Å². The van der Waals surface area contributed by atoms with Gasteiger partial charge < -0.3 is 35.3 Å². The van der Waals surface area contributed by atoms with Crippen LogP contribution in [0.4, 0.5) is 0 Å². The van der Waals surface area contributed by atoms with Crippen LogP contribution in [-0.2, 0) is 21.7 Å². The first-order valence-corrected chi connectivity index (χ1v) is 8.63. The summed E-state index contributed by atoms with van der Waals surface area (Å²) >= 11 is 0. The van der Waals surface area contributed by atoms with E-state index in [1.165, 1.54) is 0 Å². The molecule has 0 bridgehead atoms. The largest absolute Gasteiger partial charge is 4.00 e. The molecule has 1 amide bonds. The molecule has 1 radical (unpaired) electrons. The fourth-order valence-electron chi connectivity index (χ4n) is 1.51. The van der Waals surface area contributed by atoms with Gasteiger partial charge >= 0.3 is 21.7 Å². The molecular weight excluding hydrogens is 369 g/mol. The molecular formula is C16H22Cl2NOSiTi. The van der Waals surface area contributed by atoms with Crippen molar-refractivity contribution in [1.29, 1.82) is 0 Å². The third-order valence-corrected chi connectivity index (χ3v) is 2.29. The molecule has 119 valence electrons. The standard InChI is InChI=1S/C9H11NO.C5H5.C2H7Si.2ClH.Ti/c1-6-4-3-5-7(2)8(6)9(10)11;1-2-4-5-3-1;1-3-2;;;/h3-5H,1-2H3,(H2,10,11);1-3H,4H2;3H,1-2H3;2*1H;/q;-1;;;;+4/p-3. The second kappa shape index (κ2) is 18.7. The second-order valence-corrected chi connectivity index (χ2v) is 5.33. The zero-order chi connectivity index (χ0) is 14.7. The molecule has 0 heterocycles. The van der Waals surface area contributed by atoms with Gasteiger partial charge in [-0.25, -0.2) is 12.2 Å². The second-order valence-electron chi connectivity index (χ2n) is 4.18. The number of carbonyl (C=O) groups is 1. The van der Waals surface area contributed by atoms with Crippen molar-refractivity contribution in [2.24, 2.45) is 0 Å². The van der Waals surface area contributed by atoms with Gasteiger partial charge in [0.1, 0.15) is 0 Å². The molecule has 6 heteroatoms. The Bertz CT molecular complexity index is 435. The molecule has 1 aliphatic rings. The number of halogens is 2. The first-order chi connectivity index (χ1) is 9.04. The van der Waals surface area contributed by atoms with E-state index in [2.05, 4.69) is 25.2 Å². The van der Waals surface area contributed by atoms with Gasteiger partial charge in [0.2, 0.25) is 0 Å². The summed E-state index contributed by atoms with van der Waals surface area (Å²) in [6.45, 7) is 8.10. The van der Waals surface area contributed by atoms with Gasteiger partial charge in [-0.1, -0.05) is 31.3 Å². The Morgan fingerprint density at radius 3 is 1.82 bits per heavy atom. The van der Waals surface area contributed by atoms with Gasteiger partial charge in [-0.05, 0) is 25.0 Å². The van der Waals surface area contributed by atoms with E-state index in [1.54, 1.807) is 0 Å². The molecule has 2 rings (SSSR count). The normalized spacial score (nSPS) is 9.64. The number of allylic oxidation sites excluding steroid dienone is 4. The van der Waals surface area contributed by atoms with Crippen LogP contribution < -0.4 is 24.8 Å². The van der Waals surface area contributed by atoms with Gasteiger partial charge in [-0.15, -0.1) is 6.42 Å². The third kappa shape index (κ3) is 13.4. The van der Waals surface area contributed by atoms with Crippen LogP contribution in [0.1, 0.15) is 27.9 Å². The number of nitrogens with one attached hydrogen (secondary N) is 1. The van der Waals surface area contributed by atoms with Crippen molar-refractivity contribution in [2.75, 3.05) is 0 Å². The van der Waals surface area contributed by atoms with Gasteiger partial charge in [0.05, 0.1) is 5.91 Å². The molecule has 0 aliphatic heterocycles. The monoisotopic (exact) mass is 390 g/mol.